The van der Waals surface area contributed by atoms with Gasteiger partial charge in [0, 0.05) is 31.6 Å². The molecular formula is C29H32N2O6. The maximum atomic E-state index is 13.7. The summed E-state index contributed by atoms with van der Waals surface area (Å²) >= 11 is 0. The summed E-state index contributed by atoms with van der Waals surface area (Å²) in [5.41, 5.74) is 1.34. The molecule has 0 spiro atoms. The van der Waals surface area contributed by atoms with Crippen LogP contribution in [0.2, 0.25) is 0 Å². The predicted octanol–water partition coefficient (Wildman–Crippen LogP) is 4.52. The van der Waals surface area contributed by atoms with Crippen LogP contribution in [0.4, 0.5) is 0 Å². The van der Waals surface area contributed by atoms with Gasteiger partial charge >= 0.3 is 0 Å². The third-order valence-corrected chi connectivity index (χ3v) is 6.84. The minimum atomic E-state index is -0.724. The molecule has 1 N–H and O–H groups in total. The summed E-state index contributed by atoms with van der Waals surface area (Å²) in [5.74, 6) is -0.745. The summed E-state index contributed by atoms with van der Waals surface area (Å²) < 4.78 is 16.9. The molecule has 1 fully saturated rings. The fourth-order valence-corrected chi connectivity index (χ4v) is 4.94. The molecule has 1 unspecified atom stereocenters. The molecule has 2 aromatic carbocycles. The molecule has 194 valence electrons. The van der Waals surface area contributed by atoms with Crippen LogP contribution in [0.5, 0.6) is 5.75 Å². The van der Waals surface area contributed by atoms with Crippen molar-refractivity contribution in [3.05, 3.63) is 77.3 Å². The Bertz CT molecular complexity index is 1260. The summed E-state index contributed by atoms with van der Waals surface area (Å²) in [6.07, 6.45) is 1.60. The number of ketones is 1. The van der Waals surface area contributed by atoms with Gasteiger partial charge in [-0.2, -0.15) is 0 Å². The number of morpholine rings is 1. The van der Waals surface area contributed by atoms with E-state index in [2.05, 4.69) is 4.90 Å². The van der Waals surface area contributed by atoms with Crippen LogP contribution < -0.4 is 4.74 Å². The maximum absolute atomic E-state index is 13.7. The molecule has 1 saturated heterocycles. The van der Waals surface area contributed by atoms with Crippen LogP contribution in [0.15, 0.2) is 70.3 Å². The molecule has 37 heavy (non-hydrogen) atoms. The number of hydrogen-bond acceptors (Lipinski definition) is 7. The van der Waals surface area contributed by atoms with E-state index in [-0.39, 0.29) is 11.3 Å². The van der Waals surface area contributed by atoms with Crippen molar-refractivity contribution in [3.8, 4) is 5.75 Å². The number of para-hydroxylation sites is 1. The molecule has 1 atom stereocenters. The second-order valence-corrected chi connectivity index (χ2v) is 9.37. The third-order valence-electron chi connectivity index (χ3n) is 6.84. The second-order valence-electron chi connectivity index (χ2n) is 9.37. The number of nitrogens with zero attached hydrogens (tertiary/aromatic N) is 2. The van der Waals surface area contributed by atoms with Gasteiger partial charge < -0.3 is 23.9 Å². The number of carbonyl (C=O) groups is 2. The number of furan rings is 1. The van der Waals surface area contributed by atoms with Gasteiger partial charge in [-0.15, -0.1) is 0 Å². The van der Waals surface area contributed by atoms with Crippen LogP contribution in [0, 0.1) is 0 Å². The molecule has 0 aliphatic carbocycles. The molecule has 2 aliphatic heterocycles. The van der Waals surface area contributed by atoms with E-state index in [0.29, 0.717) is 44.1 Å². The van der Waals surface area contributed by atoms with Crippen molar-refractivity contribution in [2.75, 3.05) is 46.0 Å². The first-order valence-electron chi connectivity index (χ1n) is 12.9. The number of amides is 1. The summed E-state index contributed by atoms with van der Waals surface area (Å²) in [6.45, 7) is 6.97. The fraction of sp³-hybridized carbons (Fsp3) is 0.379. The summed E-state index contributed by atoms with van der Waals surface area (Å²) in [7, 11) is 0. The molecular weight excluding hydrogens is 472 g/mol. The first-order valence-corrected chi connectivity index (χ1v) is 12.9. The lowest BCUT2D eigenvalue weighted by molar-refractivity contribution is -0.129. The van der Waals surface area contributed by atoms with E-state index in [0.717, 1.165) is 37.0 Å². The van der Waals surface area contributed by atoms with Crippen LogP contribution in [0.3, 0.4) is 0 Å². The van der Waals surface area contributed by atoms with Gasteiger partial charge in [-0.25, -0.2) is 0 Å². The van der Waals surface area contributed by atoms with Gasteiger partial charge in [-0.05, 0) is 42.7 Å². The molecule has 0 bridgehead atoms. The molecule has 5 rings (SSSR count). The van der Waals surface area contributed by atoms with Crippen LogP contribution in [-0.2, 0) is 9.53 Å². The first kappa shape index (κ1) is 25.0. The molecule has 8 nitrogen and oxygen atoms in total. The number of ether oxygens (including phenoxy) is 2. The van der Waals surface area contributed by atoms with Gasteiger partial charge in [0.15, 0.2) is 11.5 Å². The molecule has 1 amide bonds. The number of carbonyl (C=O) groups excluding carboxylic acids is 2. The lowest BCUT2D eigenvalue weighted by Gasteiger charge is -2.30. The normalized spacial score (nSPS) is 18.7. The average Bonchev–Trinajstić information content (AvgIpc) is 3.47. The van der Waals surface area contributed by atoms with E-state index in [9.17, 15) is 14.7 Å². The van der Waals surface area contributed by atoms with Crippen molar-refractivity contribution in [1.29, 1.82) is 0 Å². The Morgan fingerprint density at radius 1 is 1.08 bits per heavy atom. The van der Waals surface area contributed by atoms with Crippen molar-refractivity contribution >= 4 is 22.7 Å². The molecule has 3 heterocycles. The van der Waals surface area contributed by atoms with Crippen molar-refractivity contribution in [2.45, 2.75) is 25.8 Å². The van der Waals surface area contributed by atoms with Crippen LogP contribution in [0.25, 0.3) is 11.0 Å². The molecule has 3 aromatic rings. The largest absolute Gasteiger partial charge is 0.503 e. The highest BCUT2D eigenvalue weighted by molar-refractivity contribution is 6.16. The zero-order chi connectivity index (χ0) is 25.8. The van der Waals surface area contributed by atoms with Gasteiger partial charge in [0.05, 0.1) is 31.4 Å². The average molecular weight is 505 g/mol. The Kier molecular flexibility index (Phi) is 7.58. The van der Waals surface area contributed by atoms with Crippen molar-refractivity contribution in [2.24, 2.45) is 0 Å². The van der Waals surface area contributed by atoms with E-state index in [1.165, 1.54) is 0 Å². The Labute approximate surface area is 216 Å². The number of hydrogen-bond donors (Lipinski definition) is 1. The highest BCUT2D eigenvalue weighted by Gasteiger charge is 2.44. The summed E-state index contributed by atoms with van der Waals surface area (Å²) in [4.78, 5) is 30.9. The second kappa shape index (κ2) is 11.2. The molecule has 0 saturated carbocycles. The number of Topliss-reactive ketones (excluding diaryl/α,β-unsaturated/α-hetero) is 1. The lowest BCUT2D eigenvalue weighted by atomic mass is 9.95. The number of aliphatic hydroxyl groups excluding tert-OH is 1. The van der Waals surface area contributed by atoms with E-state index in [4.69, 9.17) is 13.9 Å². The predicted molar refractivity (Wildman–Crippen MR) is 139 cm³/mol. The minimum absolute atomic E-state index is 0.0395. The van der Waals surface area contributed by atoms with Gasteiger partial charge in [0.1, 0.15) is 11.3 Å². The van der Waals surface area contributed by atoms with Crippen LogP contribution >= 0.6 is 0 Å². The zero-order valence-corrected chi connectivity index (χ0v) is 21.0. The van der Waals surface area contributed by atoms with E-state index in [1.54, 1.807) is 17.0 Å². The lowest BCUT2D eigenvalue weighted by Crippen LogP contribution is -2.39. The monoisotopic (exact) mass is 504 g/mol. The Morgan fingerprint density at radius 2 is 1.84 bits per heavy atom. The Morgan fingerprint density at radius 3 is 2.57 bits per heavy atom. The van der Waals surface area contributed by atoms with Gasteiger partial charge in [0.2, 0.25) is 5.78 Å². The van der Waals surface area contributed by atoms with Crippen molar-refractivity contribution < 1.29 is 28.6 Å². The number of benzene rings is 2. The minimum Gasteiger partial charge on any atom is -0.503 e. The molecule has 0 radical (unpaired) electrons. The van der Waals surface area contributed by atoms with E-state index in [1.807, 2.05) is 49.4 Å². The molecule has 2 aliphatic rings. The smallest absolute Gasteiger partial charge is 0.290 e. The van der Waals surface area contributed by atoms with Gasteiger partial charge in [-0.1, -0.05) is 37.3 Å². The standard InChI is InChI=1S/C29H32N2O6/c1-2-16-36-22-10-8-20(9-11-22)26-25(27(32)24-19-21-6-3-4-7-23(21)37-24)28(33)29(34)31(26)13-5-12-30-14-17-35-18-15-30/h3-4,6-11,19,26,33H,2,5,12-18H2,1H3. The SMILES string of the molecule is CCCOc1ccc(C2C(C(=O)c3cc4ccccc4o3)=C(O)C(=O)N2CCCN2CCOCC2)cc1. The zero-order valence-electron chi connectivity index (χ0n) is 21.0. The fourth-order valence-electron chi connectivity index (χ4n) is 4.94. The number of aliphatic hydroxyl groups is 1. The maximum Gasteiger partial charge on any atom is 0.290 e. The first-order chi connectivity index (χ1) is 18.1. The third kappa shape index (κ3) is 5.26. The number of rotatable bonds is 10. The summed E-state index contributed by atoms with van der Waals surface area (Å²) in [5, 5.41) is 11.7. The van der Waals surface area contributed by atoms with Crippen molar-refractivity contribution in [3.63, 3.8) is 0 Å². The molecule has 1 aromatic heterocycles. The van der Waals surface area contributed by atoms with Gasteiger partial charge in [-0.3, -0.25) is 14.5 Å². The molecule has 8 heteroatoms. The summed E-state index contributed by atoms with van der Waals surface area (Å²) in [6, 6.07) is 15.6. The quantitative estimate of drug-likeness (QED) is 0.406. The van der Waals surface area contributed by atoms with E-state index < -0.39 is 23.5 Å². The van der Waals surface area contributed by atoms with Crippen LogP contribution in [-0.4, -0.2) is 72.6 Å². The van der Waals surface area contributed by atoms with E-state index >= 15 is 0 Å². The van der Waals surface area contributed by atoms with Gasteiger partial charge in [0.25, 0.3) is 5.91 Å². The highest BCUT2D eigenvalue weighted by atomic mass is 16.5. The topological polar surface area (TPSA) is 92.5 Å². The van der Waals surface area contributed by atoms with Crippen molar-refractivity contribution in [1.82, 2.24) is 9.80 Å². The van der Waals surface area contributed by atoms with Crippen LogP contribution in [0.1, 0.15) is 41.9 Å². The highest BCUT2D eigenvalue weighted by Crippen LogP contribution is 2.40. The number of fused-ring (bicyclic) bond motifs is 1. The Balaban J connectivity index is 1.44. The Hall–Kier alpha value is -3.62.